The first-order valence-electron chi connectivity index (χ1n) is 20.8. The van der Waals surface area contributed by atoms with E-state index in [4.69, 9.17) is 6.42 Å². The van der Waals surface area contributed by atoms with E-state index < -0.39 is 0 Å². The highest BCUT2D eigenvalue weighted by molar-refractivity contribution is 5.96. The van der Waals surface area contributed by atoms with Gasteiger partial charge in [-0.1, -0.05) is 224 Å². The van der Waals surface area contributed by atoms with E-state index in [0.29, 0.717) is 0 Å². The molecule has 8 aromatic rings. The molecule has 60 heavy (non-hydrogen) atoms. The molecular formula is C60H52. The summed E-state index contributed by atoms with van der Waals surface area (Å²) < 4.78 is 0. The van der Waals surface area contributed by atoms with Crippen molar-refractivity contribution in [2.45, 2.75) is 39.5 Å². The summed E-state index contributed by atoms with van der Waals surface area (Å²) in [6, 6.07) is 71.4. The molecule has 0 nitrogen and oxygen atoms in total. The summed E-state index contributed by atoms with van der Waals surface area (Å²) in [5.74, 6) is 2.60. The van der Waals surface area contributed by atoms with Gasteiger partial charge in [0.25, 0.3) is 0 Å². The normalized spacial score (nSPS) is 15.1. The quantitative estimate of drug-likeness (QED) is 0.148. The van der Waals surface area contributed by atoms with Gasteiger partial charge in [0.2, 0.25) is 0 Å². The molecule has 0 bridgehead atoms. The monoisotopic (exact) mass is 772 g/mol. The summed E-state index contributed by atoms with van der Waals surface area (Å²) in [6.45, 7) is 8.47. The lowest BCUT2D eigenvalue weighted by Gasteiger charge is -2.32. The zero-order chi connectivity index (χ0) is 41.7. The van der Waals surface area contributed by atoms with Gasteiger partial charge in [-0.05, 0) is 124 Å². The third-order valence-corrected chi connectivity index (χ3v) is 11.6. The molecule has 0 amide bonds. The number of fused-ring (bicyclic) bond motifs is 2. The molecule has 0 saturated carbocycles. The molecule has 1 atom stereocenters. The Morgan fingerprint density at radius 3 is 1.92 bits per heavy atom. The summed E-state index contributed by atoms with van der Waals surface area (Å²) in [7, 11) is 0. The second-order valence-corrected chi connectivity index (χ2v) is 15.3. The van der Waals surface area contributed by atoms with Gasteiger partial charge >= 0.3 is 0 Å². The lowest BCUT2D eigenvalue weighted by molar-refractivity contribution is 0.662. The Morgan fingerprint density at radius 2 is 1.17 bits per heavy atom. The first-order chi connectivity index (χ1) is 29.4. The Labute approximate surface area is 358 Å². The molecule has 8 aromatic carbocycles. The minimum atomic E-state index is -0.252. The largest absolute Gasteiger partial charge is 0.115 e. The molecule has 0 radical (unpaired) electrons. The number of benzene rings is 8. The van der Waals surface area contributed by atoms with E-state index >= 15 is 0 Å². The van der Waals surface area contributed by atoms with Gasteiger partial charge in [0.15, 0.2) is 0 Å². The number of aryl methyl sites for hydroxylation is 2. The topological polar surface area (TPSA) is 0 Å². The fourth-order valence-corrected chi connectivity index (χ4v) is 8.36. The molecule has 0 N–H and O–H groups in total. The number of hydrogen-bond acceptors (Lipinski definition) is 0. The Bertz CT molecular complexity index is 2800. The van der Waals surface area contributed by atoms with Crippen LogP contribution < -0.4 is 0 Å². The molecule has 0 aromatic heterocycles. The third kappa shape index (κ3) is 9.08. The van der Waals surface area contributed by atoms with Gasteiger partial charge in [-0.25, -0.2) is 0 Å². The van der Waals surface area contributed by atoms with Crippen LogP contribution in [-0.4, -0.2) is 0 Å². The fourth-order valence-electron chi connectivity index (χ4n) is 8.36. The van der Waals surface area contributed by atoms with Crippen LogP contribution in [0, 0.1) is 26.2 Å². The molecule has 0 aliphatic heterocycles. The Hall–Kier alpha value is -7.20. The van der Waals surface area contributed by atoms with Crippen molar-refractivity contribution in [1.29, 1.82) is 0 Å². The second-order valence-electron chi connectivity index (χ2n) is 15.3. The van der Waals surface area contributed by atoms with Crippen molar-refractivity contribution in [3.05, 3.63) is 263 Å². The van der Waals surface area contributed by atoms with Gasteiger partial charge in [-0.3, -0.25) is 0 Å². The van der Waals surface area contributed by atoms with Crippen molar-refractivity contribution in [3.63, 3.8) is 0 Å². The highest BCUT2D eigenvalue weighted by Crippen LogP contribution is 2.54. The van der Waals surface area contributed by atoms with E-state index in [1.807, 2.05) is 6.08 Å². The van der Waals surface area contributed by atoms with Crippen molar-refractivity contribution in [2.75, 3.05) is 0 Å². The van der Waals surface area contributed by atoms with E-state index in [-0.39, 0.29) is 5.41 Å². The smallest absolute Gasteiger partial charge is 0.0497 e. The summed E-state index contributed by atoms with van der Waals surface area (Å²) in [5, 5.41) is 2.62. The molecular weight excluding hydrogens is 721 g/mol. The van der Waals surface area contributed by atoms with Crippen molar-refractivity contribution in [3.8, 4) is 34.6 Å². The van der Waals surface area contributed by atoms with E-state index in [2.05, 4.69) is 246 Å². The maximum absolute atomic E-state index is 5.45. The van der Waals surface area contributed by atoms with Crippen LogP contribution in [-0.2, 0) is 5.41 Å². The van der Waals surface area contributed by atoms with Crippen molar-refractivity contribution < 1.29 is 0 Å². The van der Waals surface area contributed by atoms with Gasteiger partial charge in [-0.15, -0.1) is 6.42 Å². The van der Waals surface area contributed by atoms with Gasteiger partial charge in [0, 0.05) is 5.41 Å². The van der Waals surface area contributed by atoms with Crippen LogP contribution in [0.15, 0.2) is 224 Å². The standard InChI is InChI=1S/C32H24.C17H14.C11H14/c1-2-3-6-16-27-24-32(28-18-9-5-10-19-28,31-22-12-11-21-30(27)31)29-20-13-17-26(23-29)25-14-7-4-8-15-25;1-13-9-11-15(12-10-13)17-8-4-6-14-5-2-3-7-16(14)17;1-4-9(2)11-8-6-5-7-10(11)3/h1,3-23H,24H2;2-12H,1H3;4-8H,1-3H3/b6-3-,27-16+;;9-4-. The number of hydrogen-bond donors (Lipinski definition) is 0. The van der Waals surface area contributed by atoms with Gasteiger partial charge in [-0.2, -0.15) is 0 Å². The fraction of sp³-hybridized carbons (Fsp3) is 0.100. The van der Waals surface area contributed by atoms with Crippen LogP contribution in [0.25, 0.3) is 44.2 Å². The summed E-state index contributed by atoms with van der Waals surface area (Å²) >= 11 is 0. The van der Waals surface area contributed by atoms with E-state index in [0.717, 1.165) is 6.42 Å². The predicted octanol–water partition coefficient (Wildman–Crippen LogP) is 15.9. The second kappa shape index (κ2) is 19.5. The lowest BCUT2D eigenvalue weighted by atomic mass is 9.69. The zero-order valence-electron chi connectivity index (χ0n) is 35.1. The Morgan fingerprint density at radius 1 is 0.567 bits per heavy atom. The predicted molar refractivity (Wildman–Crippen MR) is 260 cm³/mol. The van der Waals surface area contributed by atoms with Crippen molar-refractivity contribution >= 4 is 21.9 Å². The van der Waals surface area contributed by atoms with Crippen molar-refractivity contribution in [1.82, 2.24) is 0 Å². The summed E-state index contributed by atoms with van der Waals surface area (Å²) in [5.41, 5.74) is 16.7. The molecule has 0 heterocycles. The first-order valence-corrected chi connectivity index (χ1v) is 20.8. The number of allylic oxidation sites excluding steroid dienone is 6. The minimum absolute atomic E-state index is 0.252. The molecule has 292 valence electrons. The highest BCUT2D eigenvalue weighted by Gasteiger charge is 2.43. The first kappa shape index (κ1) is 41.0. The van der Waals surface area contributed by atoms with Crippen LogP contribution in [0.5, 0.6) is 0 Å². The number of rotatable bonds is 6. The molecule has 1 aliphatic carbocycles. The van der Waals surface area contributed by atoms with Crippen LogP contribution in [0.4, 0.5) is 0 Å². The molecule has 9 rings (SSSR count). The third-order valence-electron chi connectivity index (χ3n) is 11.6. The maximum atomic E-state index is 5.45. The maximum Gasteiger partial charge on any atom is 0.0497 e. The average Bonchev–Trinajstić information content (AvgIpc) is 3.65. The average molecular weight is 773 g/mol. The van der Waals surface area contributed by atoms with Gasteiger partial charge in [0.05, 0.1) is 0 Å². The highest BCUT2D eigenvalue weighted by atomic mass is 14.5. The van der Waals surface area contributed by atoms with Crippen LogP contribution in [0.3, 0.4) is 0 Å². The number of terminal acetylenes is 1. The van der Waals surface area contributed by atoms with E-state index in [1.54, 1.807) is 6.08 Å². The van der Waals surface area contributed by atoms with Crippen molar-refractivity contribution in [2.24, 2.45) is 0 Å². The zero-order valence-corrected chi connectivity index (χ0v) is 35.1. The molecule has 0 heteroatoms. The SMILES string of the molecule is C#C/C=C\C=C1/CC(c2ccccc2)(c2cccc(-c3ccccc3)c2)c2ccccc21.C/C=C(/C)c1ccccc1C.Cc1ccc(-c2cccc3ccccc23)cc1. The van der Waals surface area contributed by atoms with Crippen LogP contribution >= 0.6 is 0 Å². The van der Waals surface area contributed by atoms with Gasteiger partial charge in [0.1, 0.15) is 0 Å². The summed E-state index contributed by atoms with van der Waals surface area (Å²) in [4.78, 5) is 0. The Balaban J connectivity index is 0.000000161. The lowest BCUT2D eigenvalue weighted by Crippen LogP contribution is -2.26. The molecule has 1 unspecified atom stereocenters. The molecule has 0 fully saturated rings. The minimum Gasteiger partial charge on any atom is -0.115 e. The van der Waals surface area contributed by atoms with E-state index in [1.165, 1.54) is 83.1 Å². The molecule has 0 spiro atoms. The molecule has 1 aliphatic rings. The Kier molecular flexibility index (Phi) is 13.3. The molecule has 0 saturated heterocycles. The van der Waals surface area contributed by atoms with Crippen LogP contribution in [0.1, 0.15) is 59.2 Å². The van der Waals surface area contributed by atoms with Gasteiger partial charge < -0.3 is 0 Å². The van der Waals surface area contributed by atoms with E-state index in [9.17, 15) is 0 Å². The van der Waals surface area contributed by atoms with Crippen LogP contribution in [0.2, 0.25) is 0 Å². The summed E-state index contributed by atoms with van der Waals surface area (Å²) in [6.07, 6.45) is 14.4.